The highest BCUT2D eigenvalue weighted by atomic mass is 127. The molecule has 0 aromatic heterocycles. The van der Waals surface area contributed by atoms with Gasteiger partial charge in [-0.1, -0.05) is 30.3 Å². The Bertz CT molecular complexity index is 852. The van der Waals surface area contributed by atoms with Crippen LogP contribution in [0.2, 0.25) is 0 Å². The summed E-state index contributed by atoms with van der Waals surface area (Å²) in [5, 5.41) is 3.62. The number of para-hydroxylation sites is 1. The van der Waals surface area contributed by atoms with Crippen molar-refractivity contribution in [2.24, 2.45) is 4.99 Å². The average molecular weight is 553 g/mol. The van der Waals surface area contributed by atoms with E-state index in [0.717, 1.165) is 55.6 Å². The molecule has 1 aliphatic rings. The van der Waals surface area contributed by atoms with Gasteiger partial charge in [0.15, 0.2) is 5.96 Å². The molecule has 32 heavy (non-hydrogen) atoms. The first-order chi connectivity index (χ1) is 15.1. The number of guanidine groups is 1. The number of hydrogen-bond acceptors (Lipinski definition) is 4. The molecule has 0 radical (unpaired) electrons. The van der Waals surface area contributed by atoms with E-state index in [2.05, 4.69) is 52.6 Å². The van der Waals surface area contributed by atoms with E-state index >= 15 is 0 Å². The molecule has 1 aliphatic heterocycles. The summed E-state index contributed by atoms with van der Waals surface area (Å²) in [4.78, 5) is 6.65. The van der Waals surface area contributed by atoms with Crippen LogP contribution in [0.1, 0.15) is 30.9 Å². The number of halogens is 1. The largest absolute Gasteiger partial charge is 0.496 e. The minimum absolute atomic E-state index is 0. The summed E-state index contributed by atoms with van der Waals surface area (Å²) in [6.07, 6.45) is 1.95. The highest BCUT2D eigenvalue weighted by Crippen LogP contribution is 2.35. The third-order valence-corrected chi connectivity index (χ3v) is 5.99. The van der Waals surface area contributed by atoms with E-state index in [9.17, 15) is 0 Å². The molecule has 1 saturated heterocycles. The van der Waals surface area contributed by atoms with E-state index in [1.165, 1.54) is 5.56 Å². The van der Waals surface area contributed by atoms with Crippen LogP contribution in [0.15, 0.2) is 53.5 Å². The predicted octanol–water partition coefficient (Wildman–Crippen LogP) is 4.47. The molecule has 0 atom stereocenters. The van der Waals surface area contributed by atoms with Crippen molar-refractivity contribution in [1.82, 2.24) is 10.2 Å². The van der Waals surface area contributed by atoms with E-state index in [1.807, 2.05) is 32.2 Å². The minimum Gasteiger partial charge on any atom is -0.496 e. The molecule has 1 heterocycles. The second kappa shape index (κ2) is 12.9. The fraction of sp³-hybridized carbons (Fsp3) is 0.480. The Balaban J connectivity index is 0.00000363. The lowest BCUT2D eigenvalue weighted by atomic mass is 9.74. The van der Waals surface area contributed by atoms with Gasteiger partial charge in [0.2, 0.25) is 0 Å². The van der Waals surface area contributed by atoms with Gasteiger partial charge in [0.25, 0.3) is 0 Å². The average Bonchev–Trinajstić information content (AvgIpc) is 2.81. The Labute approximate surface area is 209 Å². The molecule has 0 amide bonds. The summed E-state index contributed by atoms with van der Waals surface area (Å²) in [5.74, 6) is 2.66. The maximum Gasteiger partial charge on any atom is 0.193 e. The molecule has 176 valence electrons. The number of nitrogens with zero attached hydrogens (tertiary/aromatic N) is 2. The molecule has 0 unspecified atom stereocenters. The molecule has 2 aromatic carbocycles. The molecule has 0 saturated carbocycles. The normalized spacial score (nSPS) is 15.4. The fourth-order valence-electron chi connectivity index (χ4n) is 4.20. The van der Waals surface area contributed by atoms with Gasteiger partial charge in [-0.25, -0.2) is 0 Å². The molecule has 1 N–H and O–H groups in total. The first-order valence-corrected chi connectivity index (χ1v) is 11.0. The van der Waals surface area contributed by atoms with Gasteiger partial charge in [0.05, 0.1) is 13.7 Å². The van der Waals surface area contributed by atoms with Gasteiger partial charge in [0, 0.05) is 51.4 Å². The van der Waals surface area contributed by atoms with E-state index in [4.69, 9.17) is 14.2 Å². The maximum absolute atomic E-state index is 5.69. The zero-order valence-corrected chi connectivity index (χ0v) is 21.9. The Morgan fingerprint density at radius 2 is 1.81 bits per heavy atom. The van der Waals surface area contributed by atoms with Crippen LogP contribution in [0.5, 0.6) is 11.5 Å². The molecule has 6 nitrogen and oxygen atoms in total. The molecule has 3 rings (SSSR count). The third-order valence-electron chi connectivity index (χ3n) is 5.99. The minimum atomic E-state index is 0. The summed E-state index contributed by atoms with van der Waals surface area (Å²) in [6, 6.07) is 16.6. The number of nitrogens with one attached hydrogen (secondary N) is 1. The van der Waals surface area contributed by atoms with Crippen molar-refractivity contribution < 1.29 is 14.2 Å². The number of ether oxygens (including phenoxy) is 3. The predicted molar refractivity (Wildman–Crippen MR) is 141 cm³/mol. The van der Waals surface area contributed by atoms with Crippen LogP contribution in [0.3, 0.4) is 0 Å². The van der Waals surface area contributed by atoms with Crippen molar-refractivity contribution in [3.8, 4) is 11.5 Å². The third kappa shape index (κ3) is 6.51. The van der Waals surface area contributed by atoms with Crippen molar-refractivity contribution in [3.63, 3.8) is 0 Å². The van der Waals surface area contributed by atoms with Gasteiger partial charge in [-0.3, -0.25) is 4.99 Å². The number of rotatable bonds is 8. The fourth-order valence-corrected chi connectivity index (χ4v) is 4.20. The first kappa shape index (κ1) is 26.3. The summed E-state index contributed by atoms with van der Waals surface area (Å²) in [6.45, 7) is 5.73. The molecule has 2 aromatic rings. The molecule has 1 fully saturated rings. The summed E-state index contributed by atoms with van der Waals surface area (Å²) in [5.41, 5.74) is 2.45. The number of aliphatic imine (C=N–C) groups is 1. The molecule has 7 heteroatoms. The van der Waals surface area contributed by atoms with Crippen LogP contribution in [0.25, 0.3) is 0 Å². The van der Waals surface area contributed by atoms with Gasteiger partial charge in [-0.15, -0.1) is 24.0 Å². The lowest BCUT2D eigenvalue weighted by molar-refractivity contribution is 0.0512. The number of hydrogen-bond donors (Lipinski definition) is 1. The SMILES string of the molecule is CCOc1ccc(C2(CNC(=NC)N(C)Cc3ccccc3OC)CCOCC2)cc1.I. The smallest absolute Gasteiger partial charge is 0.193 e. The topological polar surface area (TPSA) is 55.3 Å². The van der Waals surface area contributed by atoms with Crippen LogP contribution in [-0.2, 0) is 16.7 Å². The van der Waals surface area contributed by atoms with Crippen molar-refractivity contribution >= 4 is 29.9 Å². The first-order valence-electron chi connectivity index (χ1n) is 11.0. The summed E-state index contributed by atoms with van der Waals surface area (Å²) in [7, 11) is 5.58. The van der Waals surface area contributed by atoms with Crippen molar-refractivity contribution in [2.75, 3.05) is 47.6 Å². The Kier molecular flexibility index (Phi) is 10.6. The van der Waals surface area contributed by atoms with Crippen molar-refractivity contribution in [2.45, 2.75) is 31.7 Å². The highest BCUT2D eigenvalue weighted by molar-refractivity contribution is 14.0. The highest BCUT2D eigenvalue weighted by Gasteiger charge is 2.35. The van der Waals surface area contributed by atoms with E-state index in [-0.39, 0.29) is 29.4 Å². The van der Waals surface area contributed by atoms with Gasteiger partial charge in [0.1, 0.15) is 11.5 Å². The quantitative estimate of drug-likeness (QED) is 0.297. The molecule has 0 bridgehead atoms. The summed E-state index contributed by atoms with van der Waals surface area (Å²) < 4.78 is 16.8. The van der Waals surface area contributed by atoms with E-state index in [0.29, 0.717) is 13.2 Å². The van der Waals surface area contributed by atoms with Crippen LogP contribution < -0.4 is 14.8 Å². The van der Waals surface area contributed by atoms with Crippen LogP contribution in [0, 0.1) is 0 Å². The molecular weight excluding hydrogens is 517 g/mol. The zero-order valence-electron chi connectivity index (χ0n) is 19.6. The van der Waals surface area contributed by atoms with Crippen LogP contribution >= 0.6 is 24.0 Å². The molecule has 0 spiro atoms. The Hall–Kier alpha value is -2.00. The Morgan fingerprint density at radius 1 is 1.12 bits per heavy atom. The van der Waals surface area contributed by atoms with Crippen LogP contribution in [-0.4, -0.2) is 58.4 Å². The van der Waals surface area contributed by atoms with Crippen LogP contribution in [0.4, 0.5) is 0 Å². The Morgan fingerprint density at radius 3 is 2.44 bits per heavy atom. The maximum atomic E-state index is 5.69. The van der Waals surface area contributed by atoms with Gasteiger partial charge in [-0.2, -0.15) is 0 Å². The second-order valence-electron chi connectivity index (χ2n) is 7.92. The van der Waals surface area contributed by atoms with Gasteiger partial charge < -0.3 is 24.4 Å². The lowest BCUT2D eigenvalue weighted by Crippen LogP contribution is -2.48. The van der Waals surface area contributed by atoms with E-state index < -0.39 is 0 Å². The second-order valence-corrected chi connectivity index (χ2v) is 7.92. The number of benzene rings is 2. The molecular formula is C25H36IN3O3. The van der Waals surface area contributed by atoms with Crippen molar-refractivity contribution in [1.29, 1.82) is 0 Å². The van der Waals surface area contributed by atoms with E-state index in [1.54, 1.807) is 7.11 Å². The monoisotopic (exact) mass is 553 g/mol. The zero-order chi connectivity index (χ0) is 22.1. The number of methoxy groups -OCH3 is 1. The van der Waals surface area contributed by atoms with Gasteiger partial charge >= 0.3 is 0 Å². The lowest BCUT2D eigenvalue weighted by Gasteiger charge is -2.39. The molecule has 0 aliphatic carbocycles. The van der Waals surface area contributed by atoms with Gasteiger partial charge in [-0.05, 0) is 43.5 Å². The van der Waals surface area contributed by atoms with Crippen molar-refractivity contribution in [3.05, 3.63) is 59.7 Å². The summed E-state index contributed by atoms with van der Waals surface area (Å²) >= 11 is 0. The standard InChI is InChI=1S/C25H35N3O3.HI/c1-5-31-22-12-10-21(11-13-22)25(14-16-30-17-15-25)19-27-24(26-2)28(3)18-20-8-6-7-9-23(20)29-4;/h6-13H,5,14-19H2,1-4H3,(H,26,27);1H.